The third-order valence-corrected chi connectivity index (χ3v) is 2.98. The maximum Gasteiger partial charge on any atom is 0.420 e. The van der Waals surface area contributed by atoms with Crippen LogP contribution in [0, 0.1) is 0 Å². The Morgan fingerprint density at radius 2 is 2.09 bits per heavy atom. The van der Waals surface area contributed by atoms with Gasteiger partial charge in [-0.1, -0.05) is 11.6 Å². The number of ether oxygens (including phenoxy) is 2. The van der Waals surface area contributed by atoms with E-state index >= 15 is 0 Å². The molecule has 0 aliphatic rings. The predicted molar refractivity (Wildman–Crippen MR) is 75.7 cm³/mol. The van der Waals surface area contributed by atoms with Gasteiger partial charge in [-0.05, 0) is 25.1 Å². The average Bonchev–Trinajstić information content (AvgIpc) is 2.81. The molecule has 23 heavy (non-hydrogen) atoms. The molecular weight excluding hydrogens is 337 g/mol. The summed E-state index contributed by atoms with van der Waals surface area (Å²) in [5.74, 6) is -1.52. The van der Waals surface area contributed by atoms with Crippen molar-refractivity contribution in [2.75, 3.05) is 6.61 Å². The number of aromatic nitrogens is 2. The summed E-state index contributed by atoms with van der Waals surface area (Å²) in [7, 11) is 1.50. The molecule has 1 heterocycles. The molecule has 0 radical (unpaired) electrons. The summed E-state index contributed by atoms with van der Waals surface area (Å²) >= 11 is 5.60. The summed E-state index contributed by atoms with van der Waals surface area (Å²) in [5.41, 5.74) is -1.14. The lowest BCUT2D eigenvalue weighted by molar-refractivity contribution is -0.138. The number of alkyl halides is 3. The summed E-state index contributed by atoms with van der Waals surface area (Å²) in [6.45, 7) is 1.72. The SMILES string of the molecule is CCOC(=O)c1cn(C)nc1Oc1ccc(Cl)cc1C(F)(F)F. The molecule has 0 fully saturated rings. The van der Waals surface area contributed by atoms with E-state index in [2.05, 4.69) is 5.10 Å². The second-order valence-corrected chi connectivity index (χ2v) is 4.92. The van der Waals surface area contributed by atoms with Gasteiger partial charge in [-0.25, -0.2) is 4.79 Å². The summed E-state index contributed by atoms with van der Waals surface area (Å²) in [5, 5.41) is 3.76. The highest BCUT2D eigenvalue weighted by atomic mass is 35.5. The zero-order valence-electron chi connectivity index (χ0n) is 12.1. The molecule has 0 N–H and O–H groups in total. The van der Waals surface area contributed by atoms with Crippen molar-refractivity contribution in [3.63, 3.8) is 0 Å². The first-order valence-electron chi connectivity index (χ1n) is 6.47. The lowest BCUT2D eigenvalue weighted by atomic mass is 10.2. The molecule has 1 aromatic heterocycles. The Morgan fingerprint density at radius 3 is 2.70 bits per heavy atom. The van der Waals surface area contributed by atoms with Crippen molar-refractivity contribution in [2.45, 2.75) is 13.1 Å². The first-order valence-corrected chi connectivity index (χ1v) is 6.85. The van der Waals surface area contributed by atoms with Crippen molar-refractivity contribution in [1.82, 2.24) is 9.78 Å². The van der Waals surface area contributed by atoms with E-state index < -0.39 is 23.5 Å². The van der Waals surface area contributed by atoms with E-state index in [0.717, 1.165) is 12.1 Å². The van der Waals surface area contributed by atoms with Crippen molar-refractivity contribution in [3.05, 3.63) is 40.5 Å². The molecule has 0 amide bonds. The minimum absolute atomic E-state index is 0.0718. The minimum Gasteiger partial charge on any atom is -0.462 e. The maximum atomic E-state index is 13.1. The topological polar surface area (TPSA) is 53.4 Å². The molecule has 124 valence electrons. The Balaban J connectivity index is 2.43. The number of carbonyl (C=O) groups is 1. The molecule has 1 aromatic carbocycles. The molecule has 0 aliphatic carbocycles. The van der Waals surface area contributed by atoms with Crippen LogP contribution >= 0.6 is 11.6 Å². The number of benzene rings is 1. The first-order chi connectivity index (χ1) is 10.7. The smallest absolute Gasteiger partial charge is 0.420 e. The lowest BCUT2D eigenvalue weighted by Crippen LogP contribution is -2.09. The van der Waals surface area contributed by atoms with Crippen molar-refractivity contribution in [1.29, 1.82) is 0 Å². The number of hydrogen-bond donors (Lipinski definition) is 0. The fourth-order valence-corrected chi connectivity index (χ4v) is 1.98. The molecule has 0 unspecified atom stereocenters. The van der Waals surface area contributed by atoms with Crippen LogP contribution in [0.4, 0.5) is 13.2 Å². The van der Waals surface area contributed by atoms with E-state index in [-0.39, 0.29) is 23.1 Å². The second kappa shape index (κ2) is 6.49. The van der Waals surface area contributed by atoms with Crippen LogP contribution < -0.4 is 4.74 Å². The van der Waals surface area contributed by atoms with Crippen LogP contribution in [0.2, 0.25) is 5.02 Å². The number of hydrogen-bond acceptors (Lipinski definition) is 4. The molecule has 0 saturated carbocycles. The predicted octanol–water partition coefficient (Wildman–Crippen LogP) is 4.06. The van der Waals surface area contributed by atoms with Crippen molar-refractivity contribution in [2.24, 2.45) is 7.05 Å². The van der Waals surface area contributed by atoms with Crippen molar-refractivity contribution in [3.8, 4) is 11.6 Å². The van der Waals surface area contributed by atoms with E-state index in [1.54, 1.807) is 6.92 Å². The molecule has 2 rings (SSSR count). The summed E-state index contributed by atoms with van der Waals surface area (Å²) in [6.07, 6.45) is -3.37. The van der Waals surface area contributed by atoms with Gasteiger partial charge >= 0.3 is 12.1 Å². The van der Waals surface area contributed by atoms with Gasteiger partial charge in [0.2, 0.25) is 0 Å². The van der Waals surface area contributed by atoms with Crippen LogP contribution in [0.3, 0.4) is 0 Å². The summed E-state index contributed by atoms with van der Waals surface area (Å²) in [6, 6.07) is 3.05. The van der Waals surface area contributed by atoms with Gasteiger partial charge < -0.3 is 9.47 Å². The standard InChI is InChI=1S/C14H12ClF3N2O3/c1-3-22-13(21)9-7-20(2)19-12(9)23-11-5-4-8(15)6-10(11)14(16,17)18/h4-7H,3H2,1-2H3. The van der Waals surface area contributed by atoms with E-state index in [9.17, 15) is 18.0 Å². The molecule has 2 aromatic rings. The lowest BCUT2D eigenvalue weighted by Gasteiger charge is -2.13. The van der Waals surface area contributed by atoms with Crippen molar-refractivity contribution >= 4 is 17.6 Å². The molecule has 0 bridgehead atoms. The summed E-state index contributed by atoms with van der Waals surface area (Å²) < 4.78 is 50.4. The van der Waals surface area contributed by atoms with Crippen LogP contribution in [-0.4, -0.2) is 22.4 Å². The van der Waals surface area contributed by atoms with Crippen molar-refractivity contribution < 1.29 is 27.4 Å². The minimum atomic E-state index is -4.67. The number of esters is 1. The molecule has 0 spiro atoms. The monoisotopic (exact) mass is 348 g/mol. The Bertz CT molecular complexity index is 729. The van der Waals surface area contributed by atoms with Crippen LogP contribution in [0.25, 0.3) is 0 Å². The van der Waals surface area contributed by atoms with Gasteiger partial charge in [-0.3, -0.25) is 4.68 Å². The number of nitrogens with zero attached hydrogens (tertiary/aromatic N) is 2. The first kappa shape index (κ1) is 17.1. The molecule has 0 aliphatic heterocycles. The summed E-state index contributed by atoms with van der Waals surface area (Å²) in [4.78, 5) is 11.8. The quantitative estimate of drug-likeness (QED) is 0.782. The molecule has 9 heteroatoms. The van der Waals surface area contributed by atoms with Gasteiger partial charge in [0.1, 0.15) is 11.3 Å². The normalized spacial score (nSPS) is 11.4. The van der Waals surface area contributed by atoms with Gasteiger partial charge in [0.15, 0.2) is 0 Å². The van der Waals surface area contributed by atoms with Gasteiger partial charge in [0.05, 0.1) is 12.2 Å². The van der Waals surface area contributed by atoms with Gasteiger partial charge in [0.25, 0.3) is 5.88 Å². The molecule has 5 nitrogen and oxygen atoms in total. The number of aryl methyl sites for hydroxylation is 1. The highest BCUT2D eigenvalue weighted by molar-refractivity contribution is 6.30. The van der Waals surface area contributed by atoms with Gasteiger partial charge in [0, 0.05) is 18.3 Å². The Labute approximate surface area is 134 Å². The third-order valence-electron chi connectivity index (χ3n) is 2.74. The largest absolute Gasteiger partial charge is 0.462 e. The van der Waals surface area contributed by atoms with Gasteiger partial charge in [-0.2, -0.15) is 13.2 Å². The third kappa shape index (κ3) is 3.95. The fourth-order valence-electron chi connectivity index (χ4n) is 1.81. The zero-order valence-corrected chi connectivity index (χ0v) is 12.9. The van der Waals surface area contributed by atoms with Crippen LogP contribution in [-0.2, 0) is 18.0 Å². The number of halogens is 4. The zero-order chi connectivity index (χ0) is 17.2. The molecule has 0 atom stereocenters. The number of rotatable bonds is 4. The van der Waals surface area contributed by atoms with Crippen LogP contribution in [0.1, 0.15) is 22.8 Å². The Hall–Kier alpha value is -2.22. The van der Waals surface area contributed by atoms with E-state index in [1.165, 1.54) is 24.0 Å². The average molecular weight is 349 g/mol. The Morgan fingerprint density at radius 1 is 1.39 bits per heavy atom. The van der Waals surface area contributed by atoms with Crippen LogP contribution in [0.15, 0.2) is 24.4 Å². The fraction of sp³-hybridized carbons (Fsp3) is 0.286. The highest BCUT2D eigenvalue weighted by Gasteiger charge is 2.35. The van der Waals surface area contributed by atoms with E-state index in [0.29, 0.717) is 0 Å². The maximum absolute atomic E-state index is 13.1. The Kier molecular flexibility index (Phi) is 4.84. The number of carbonyl (C=O) groups excluding carboxylic acids is 1. The second-order valence-electron chi connectivity index (χ2n) is 4.48. The highest BCUT2D eigenvalue weighted by Crippen LogP contribution is 2.39. The van der Waals surface area contributed by atoms with E-state index in [1.807, 2.05) is 0 Å². The molecule has 0 saturated heterocycles. The van der Waals surface area contributed by atoms with Crippen LogP contribution in [0.5, 0.6) is 11.6 Å². The molecular formula is C14H12ClF3N2O3. The van der Waals surface area contributed by atoms with Gasteiger partial charge in [-0.15, -0.1) is 5.10 Å². The van der Waals surface area contributed by atoms with E-state index in [4.69, 9.17) is 21.1 Å².